The Morgan fingerprint density at radius 2 is 1.61 bits per heavy atom. The Morgan fingerprint density at radius 1 is 0.964 bits per heavy atom. The van der Waals surface area contributed by atoms with E-state index in [9.17, 15) is 19.2 Å². The van der Waals surface area contributed by atoms with Gasteiger partial charge in [0.25, 0.3) is 11.5 Å². The summed E-state index contributed by atoms with van der Waals surface area (Å²) in [6.45, 7) is 3.26. The van der Waals surface area contributed by atoms with Crippen LogP contribution in [-0.2, 0) is 4.79 Å². The lowest BCUT2D eigenvalue weighted by atomic mass is 10.2. The van der Waals surface area contributed by atoms with Crippen molar-refractivity contribution in [3.8, 4) is 5.69 Å². The van der Waals surface area contributed by atoms with Crippen LogP contribution in [-0.4, -0.2) is 21.4 Å². The predicted octanol–water partition coefficient (Wildman–Crippen LogP) is 2.04. The molecule has 3 rings (SSSR count). The lowest BCUT2D eigenvalue weighted by Gasteiger charge is -2.09. The van der Waals surface area contributed by atoms with Crippen molar-refractivity contribution in [2.24, 2.45) is 0 Å². The average Bonchev–Trinajstić information content (AvgIpc) is 2.63. The van der Waals surface area contributed by atoms with Crippen molar-refractivity contribution >= 4 is 23.2 Å². The maximum atomic E-state index is 12.7. The first-order valence-electron chi connectivity index (χ1n) is 8.46. The summed E-state index contributed by atoms with van der Waals surface area (Å²) in [5.41, 5.74) is 0.638. The van der Waals surface area contributed by atoms with Crippen molar-refractivity contribution in [3.05, 3.63) is 86.7 Å². The van der Waals surface area contributed by atoms with E-state index in [0.717, 1.165) is 16.3 Å². The molecule has 0 unspecified atom stereocenters. The molecule has 28 heavy (non-hydrogen) atoms. The van der Waals surface area contributed by atoms with Crippen LogP contribution in [0.5, 0.6) is 0 Å². The molecular formula is C20H18N4O4. The van der Waals surface area contributed by atoms with Crippen LogP contribution >= 0.6 is 0 Å². The Hall–Kier alpha value is -3.94. The van der Waals surface area contributed by atoms with E-state index in [0.29, 0.717) is 17.1 Å². The van der Waals surface area contributed by atoms with Gasteiger partial charge >= 0.3 is 5.69 Å². The van der Waals surface area contributed by atoms with Crippen molar-refractivity contribution in [2.75, 3.05) is 10.6 Å². The summed E-state index contributed by atoms with van der Waals surface area (Å²) in [4.78, 5) is 51.0. The van der Waals surface area contributed by atoms with E-state index < -0.39 is 17.2 Å². The van der Waals surface area contributed by atoms with Crippen LogP contribution in [0, 0.1) is 6.92 Å². The molecular weight excluding hydrogens is 360 g/mol. The second-order valence-corrected chi connectivity index (χ2v) is 6.20. The highest BCUT2D eigenvalue weighted by atomic mass is 16.2. The molecule has 0 saturated carbocycles. The summed E-state index contributed by atoms with van der Waals surface area (Å²) in [6.07, 6.45) is 1.09. The van der Waals surface area contributed by atoms with Crippen molar-refractivity contribution in [3.63, 3.8) is 0 Å². The number of hydrogen-bond acceptors (Lipinski definition) is 4. The Bertz CT molecular complexity index is 1160. The largest absolute Gasteiger partial charge is 0.333 e. The summed E-state index contributed by atoms with van der Waals surface area (Å²) in [6, 6.07) is 13.3. The van der Waals surface area contributed by atoms with Crippen molar-refractivity contribution < 1.29 is 9.59 Å². The summed E-state index contributed by atoms with van der Waals surface area (Å²) in [7, 11) is 0. The Kier molecular flexibility index (Phi) is 5.21. The van der Waals surface area contributed by atoms with E-state index in [4.69, 9.17) is 0 Å². The van der Waals surface area contributed by atoms with Gasteiger partial charge in [0.1, 0.15) is 5.56 Å². The number of carbonyl (C=O) groups excluding carboxylic acids is 2. The number of aromatic nitrogens is 2. The Balaban J connectivity index is 1.94. The molecule has 0 radical (unpaired) electrons. The highest BCUT2D eigenvalue weighted by molar-refractivity contribution is 6.04. The lowest BCUT2D eigenvalue weighted by molar-refractivity contribution is -0.114. The maximum absolute atomic E-state index is 12.7. The van der Waals surface area contributed by atoms with Crippen LogP contribution in [0.15, 0.2) is 64.3 Å². The summed E-state index contributed by atoms with van der Waals surface area (Å²) < 4.78 is 0.905. The third-order valence-corrected chi connectivity index (χ3v) is 3.95. The van der Waals surface area contributed by atoms with Gasteiger partial charge in [-0.05, 0) is 37.3 Å². The van der Waals surface area contributed by atoms with Crippen LogP contribution in [0.3, 0.4) is 0 Å². The molecule has 0 spiro atoms. The van der Waals surface area contributed by atoms with Gasteiger partial charge in [-0.25, -0.2) is 9.36 Å². The van der Waals surface area contributed by atoms with E-state index >= 15 is 0 Å². The molecule has 0 saturated heterocycles. The first-order valence-corrected chi connectivity index (χ1v) is 8.46. The van der Waals surface area contributed by atoms with Gasteiger partial charge in [0.2, 0.25) is 5.91 Å². The van der Waals surface area contributed by atoms with Crippen LogP contribution in [0.4, 0.5) is 11.4 Å². The van der Waals surface area contributed by atoms with Crippen LogP contribution in [0.2, 0.25) is 0 Å². The van der Waals surface area contributed by atoms with Gasteiger partial charge in [-0.1, -0.05) is 23.8 Å². The normalized spacial score (nSPS) is 10.4. The number of carbonyl (C=O) groups is 2. The number of nitrogens with one attached hydrogen (secondary N) is 3. The minimum Gasteiger partial charge on any atom is -0.326 e. The van der Waals surface area contributed by atoms with Crippen molar-refractivity contribution in [1.82, 2.24) is 9.55 Å². The lowest BCUT2D eigenvalue weighted by Crippen LogP contribution is -2.38. The molecule has 3 aromatic rings. The monoisotopic (exact) mass is 378 g/mol. The van der Waals surface area contributed by atoms with E-state index in [1.54, 1.807) is 48.5 Å². The van der Waals surface area contributed by atoms with Crippen LogP contribution in [0.1, 0.15) is 22.8 Å². The SMILES string of the molecule is CC(=O)Nc1cccc(NC(=O)c2c[nH]c(=O)n(-c3ccc(C)cc3)c2=O)c1. The number of nitrogens with zero attached hydrogens (tertiary/aromatic N) is 1. The molecule has 3 N–H and O–H groups in total. The topological polar surface area (TPSA) is 113 Å². The van der Waals surface area contributed by atoms with Gasteiger partial charge in [-0.2, -0.15) is 0 Å². The minimum atomic E-state index is -0.733. The number of amides is 2. The van der Waals surface area contributed by atoms with E-state index in [2.05, 4.69) is 15.6 Å². The van der Waals surface area contributed by atoms with Gasteiger partial charge < -0.3 is 15.6 Å². The fraction of sp³-hybridized carbons (Fsp3) is 0.100. The zero-order chi connectivity index (χ0) is 20.3. The Labute approximate surface area is 159 Å². The van der Waals surface area contributed by atoms with E-state index in [1.165, 1.54) is 6.92 Å². The molecule has 0 fully saturated rings. The molecule has 8 nitrogen and oxygen atoms in total. The van der Waals surface area contributed by atoms with Gasteiger partial charge in [0.05, 0.1) is 5.69 Å². The number of benzene rings is 2. The number of aromatic amines is 1. The molecule has 0 aliphatic heterocycles. The number of hydrogen-bond donors (Lipinski definition) is 3. The van der Waals surface area contributed by atoms with Crippen molar-refractivity contribution in [2.45, 2.75) is 13.8 Å². The van der Waals surface area contributed by atoms with Crippen LogP contribution < -0.4 is 21.9 Å². The van der Waals surface area contributed by atoms with Gasteiger partial charge in [0.15, 0.2) is 0 Å². The predicted molar refractivity (Wildman–Crippen MR) is 106 cm³/mol. The number of anilines is 2. The molecule has 8 heteroatoms. The first kappa shape index (κ1) is 18.8. The van der Waals surface area contributed by atoms with Crippen molar-refractivity contribution in [1.29, 1.82) is 0 Å². The molecule has 0 bridgehead atoms. The summed E-state index contributed by atoms with van der Waals surface area (Å²) >= 11 is 0. The van der Waals surface area contributed by atoms with Crippen LogP contribution in [0.25, 0.3) is 5.69 Å². The third-order valence-electron chi connectivity index (χ3n) is 3.95. The fourth-order valence-corrected chi connectivity index (χ4v) is 2.64. The molecule has 2 amide bonds. The zero-order valence-corrected chi connectivity index (χ0v) is 15.3. The second-order valence-electron chi connectivity index (χ2n) is 6.20. The third kappa shape index (κ3) is 4.07. The van der Waals surface area contributed by atoms with Gasteiger partial charge in [-0.15, -0.1) is 0 Å². The first-order chi connectivity index (χ1) is 13.3. The summed E-state index contributed by atoms with van der Waals surface area (Å²) in [5, 5.41) is 5.20. The maximum Gasteiger partial charge on any atom is 0.333 e. The number of rotatable bonds is 4. The van der Waals surface area contributed by atoms with E-state index in [1.807, 2.05) is 6.92 Å². The van der Waals surface area contributed by atoms with Gasteiger partial charge in [0, 0.05) is 24.5 Å². The second kappa shape index (κ2) is 7.75. The highest BCUT2D eigenvalue weighted by Crippen LogP contribution is 2.15. The highest BCUT2D eigenvalue weighted by Gasteiger charge is 2.16. The molecule has 0 atom stereocenters. The molecule has 1 aromatic heterocycles. The standard InChI is InChI=1S/C20H18N4O4/c1-12-6-8-16(9-7-12)24-19(27)17(11-21-20(24)28)18(26)23-15-5-3-4-14(10-15)22-13(2)25/h3-11H,1-2H3,(H,21,28)(H,22,25)(H,23,26). The molecule has 142 valence electrons. The minimum absolute atomic E-state index is 0.217. The molecule has 1 heterocycles. The quantitative estimate of drug-likeness (QED) is 0.645. The molecule has 0 aliphatic rings. The average molecular weight is 378 g/mol. The smallest absolute Gasteiger partial charge is 0.326 e. The van der Waals surface area contributed by atoms with Gasteiger partial charge in [-0.3, -0.25) is 14.4 Å². The Morgan fingerprint density at radius 3 is 2.25 bits per heavy atom. The zero-order valence-electron chi connectivity index (χ0n) is 15.3. The number of H-pyrrole nitrogens is 1. The van der Waals surface area contributed by atoms with E-state index in [-0.39, 0.29) is 11.5 Å². The molecule has 0 aliphatic carbocycles. The number of aryl methyl sites for hydroxylation is 1. The molecule has 2 aromatic carbocycles. The fourth-order valence-electron chi connectivity index (χ4n) is 2.64. The summed E-state index contributed by atoms with van der Waals surface area (Å²) in [5.74, 6) is -0.924.